The summed E-state index contributed by atoms with van der Waals surface area (Å²) in [6.07, 6.45) is 0.430. The summed E-state index contributed by atoms with van der Waals surface area (Å²) in [5, 5.41) is 6.72. The molecule has 2 aromatic rings. The summed E-state index contributed by atoms with van der Waals surface area (Å²) in [6.45, 7) is 5.78. The fourth-order valence-electron chi connectivity index (χ4n) is 3.02. The number of aromatic nitrogens is 1. The van der Waals surface area contributed by atoms with Gasteiger partial charge in [0.05, 0.1) is 28.3 Å². The lowest BCUT2D eigenvalue weighted by molar-refractivity contribution is 0.0915. The number of nitrogens with one attached hydrogen (secondary N) is 1. The SMILES string of the molecule is Cc1noc(C)c1COc1ccc(C(=O)N[C@@]2(C)CCS(=O)(=O)C2)cc1. The second-order valence-electron chi connectivity index (χ2n) is 6.97. The van der Waals surface area contributed by atoms with Crippen LogP contribution in [0.15, 0.2) is 28.8 Å². The van der Waals surface area contributed by atoms with Crippen molar-refractivity contribution in [2.45, 2.75) is 39.3 Å². The van der Waals surface area contributed by atoms with Gasteiger partial charge in [-0.3, -0.25) is 4.79 Å². The number of carbonyl (C=O) groups is 1. The number of benzene rings is 1. The van der Waals surface area contributed by atoms with Crippen molar-refractivity contribution in [3.63, 3.8) is 0 Å². The molecule has 1 aliphatic rings. The molecular formula is C18H22N2O5S. The van der Waals surface area contributed by atoms with Crippen molar-refractivity contribution in [2.75, 3.05) is 11.5 Å². The van der Waals surface area contributed by atoms with Crippen LogP contribution in [0.3, 0.4) is 0 Å². The summed E-state index contributed by atoms with van der Waals surface area (Å²) >= 11 is 0. The van der Waals surface area contributed by atoms with E-state index in [0.29, 0.717) is 24.3 Å². The van der Waals surface area contributed by atoms with Crippen molar-refractivity contribution in [3.8, 4) is 5.75 Å². The molecule has 140 valence electrons. The van der Waals surface area contributed by atoms with E-state index in [1.54, 1.807) is 31.2 Å². The summed E-state index contributed by atoms with van der Waals surface area (Å²) < 4.78 is 34.1. The van der Waals surface area contributed by atoms with E-state index in [2.05, 4.69) is 10.5 Å². The zero-order valence-electron chi connectivity index (χ0n) is 15.0. The van der Waals surface area contributed by atoms with Crippen LogP contribution in [0, 0.1) is 13.8 Å². The van der Waals surface area contributed by atoms with E-state index < -0.39 is 15.4 Å². The molecule has 1 saturated heterocycles. The molecule has 1 atom stereocenters. The second-order valence-corrected chi connectivity index (χ2v) is 9.16. The first-order valence-electron chi connectivity index (χ1n) is 8.35. The van der Waals surface area contributed by atoms with Gasteiger partial charge in [0, 0.05) is 5.56 Å². The number of sulfone groups is 1. The Hall–Kier alpha value is -2.35. The summed E-state index contributed by atoms with van der Waals surface area (Å²) in [5.41, 5.74) is 1.44. The van der Waals surface area contributed by atoms with E-state index in [0.717, 1.165) is 17.0 Å². The van der Waals surface area contributed by atoms with Gasteiger partial charge < -0.3 is 14.6 Å². The smallest absolute Gasteiger partial charge is 0.251 e. The lowest BCUT2D eigenvalue weighted by Gasteiger charge is -2.23. The van der Waals surface area contributed by atoms with Crippen LogP contribution < -0.4 is 10.1 Å². The number of nitrogens with zero attached hydrogens (tertiary/aromatic N) is 1. The van der Waals surface area contributed by atoms with Crippen molar-refractivity contribution in [2.24, 2.45) is 0 Å². The van der Waals surface area contributed by atoms with Crippen molar-refractivity contribution >= 4 is 15.7 Å². The Bertz CT molecular complexity index is 898. The Morgan fingerprint density at radius 3 is 2.54 bits per heavy atom. The van der Waals surface area contributed by atoms with Crippen molar-refractivity contribution in [1.29, 1.82) is 0 Å². The molecule has 1 amide bonds. The molecule has 1 fully saturated rings. The highest BCUT2D eigenvalue weighted by molar-refractivity contribution is 7.91. The third-order valence-electron chi connectivity index (χ3n) is 4.60. The number of ether oxygens (including phenoxy) is 1. The summed E-state index contributed by atoms with van der Waals surface area (Å²) in [5.74, 6) is 1.14. The van der Waals surface area contributed by atoms with E-state index in [-0.39, 0.29) is 17.4 Å². The highest BCUT2D eigenvalue weighted by Gasteiger charge is 2.39. The predicted molar refractivity (Wildman–Crippen MR) is 95.9 cm³/mol. The van der Waals surface area contributed by atoms with Gasteiger partial charge in [0.25, 0.3) is 5.91 Å². The molecule has 1 aliphatic heterocycles. The largest absolute Gasteiger partial charge is 0.489 e. The Morgan fingerprint density at radius 2 is 2.00 bits per heavy atom. The van der Waals surface area contributed by atoms with E-state index in [1.807, 2.05) is 13.8 Å². The van der Waals surface area contributed by atoms with E-state index in [9.17, 15) is 13.2 Å². The van der Waals surface area contributed by atoms with Gasteiger partial charge in [0.15, 0.2) is 9.84 Å². The van der Waals surface area contributed by atoms with Crippen molar-refractivity contribution in [3.05, 3.63) is 46.8 Å². The van der Waals surface area contributed by atoms with Gasteiger partial charge in [-0.15, -0.1) is 0 Å². The highest BCUT2D eigenvalue weighted by Crippen LogP contribution is 2.24. The molecule has 1 aromatic carbocycles. The molecule has 3 rings (SSSR count). The molecule has 2 heterocycles. The van der Waals surface area contributed by atoms with Crippen LogP contribution in [0.4, 0.5) is 0 Å². The average molecular weight is 378 g/mol. The van der Waals surface area contributed by atoms with Crippen LogP contribution in [0.2, 0.25) is 0 Å². The second kappa shape index (κ2) is 6.75. The minimum atomic E-state index is -3.07. The predicted octanol–water partition coefficient (Wildman–Crippen LogP) is 2.18. The summed E-state index contributed by atoms with van der Waals surface area (Å²) in [6, 6.07) is 6.73. The Labute approximate surface area is 152 Å². The number of carbonyl (C=O) groups excluding carboxylic acids is 1. The van der Waals surface area contributed by atoms with Gasteiger partial charge in [-0.1, -0.05) is 5.16 Å². The topological polar surface area (TPSA) is 98.5 Å². The first-order chi connectivity index (χ1) is 12.2. The number of aryl methyl sites for hydroxylation is 2. The molecule has 1 aromatic heterocycles. The first kappa shape index (κ1) is 18.4. The Kier molecular flexibility index (Phi) is 4.79. The molecule has 26 heavy (non-hydrogen) atoms. The first-order valence-corrected chi connectivity index (χ1v) is 10.2. The maximum absolute atomic E-state index is 12.4. The monoisotopic (exact) mass is 378 g/mol. The average Bonchev–Trinajstić information content (AvgIpc) is 3.04. The third-order valence-corrected chi connectivity index (χ3v) is 6.50. The van der Waals surface area contributed by atoms with Gasteiger partial charge in [-0.25, -0.2) is 8.42 Å². The fraction of sp³-hybridized carbons (Fsp3) is 0.444. The van der Waals surface area contributed by atoms with Crippen LogP contribution in [0.5, 0.6) is 5.75 Å². The van der Waals surface area contributed by atoms with Gasteiger partial charge in [-0.2, -0.15) is 0 Å². The maximum atomic E-state index is 12.4. The van der Waals surface area contributed by atoms with Crippen LogP contribution in [0.25, 0.3) is 0 Å². The zero-order chi connectivity index (χ0) is 18.9. The fourth-order valence-corrected chi connectivity index (χ4v) is 5.11. The lowest BCUT2D eigenvalue weighted by Crippen LogP contribution is -2.46. The number of hydrogen-bond acceptors (Lipinski definition) is 6. The number of hydrogen-bond donors (Lipinski definition) is 1. The maximum Gasteiger partial charge on any atom is 0.251 e. The lowest BCUT2D eigenvalue weighted by atomic mass is 10.0. The minimum absolute atomic E-state index is 0.0234. The minimum Gasteiger partial charge on any atom is -0.489 e. The zero-order valence-corrected chi connectivity index (χ0v) is 15.9. The standard InChI is InChI=1S/C18H22N2O5S/c1-12-16(13(2)25-20-12)10-24-15-6-4-14(5-7-15)17(21)19-18(3)8-9-26(22,23)11-18/h4-7H,8-11H2,1-3H3,(H,19,21)/t18-/m0/s1. The molecule has 0 aliphatic carbocycles. The molecule has 0 unspecified atom stereocenters. The van der Waals surface area contributed by atoms with Gasteiger partial charge in [0.2, 0.25) is 0 Å². The number of amides is 1. The number of rotatable bonds is 5. The van der Waals surface area contributed by atoms with Crippen LogP contribution >= 0.6 is 0 Å². The van der Waals surface area contributed by atoms with Crippen molar-refractivity contribution < 1.29 is 22.5 Å². The van der Waals surface area contributed by atoms with Crippen LogP contribution in [-0.4, -0.2) is 36.5 Å². The quantitative estimate of drug-likeness (QED) is 0.856. The molecular weight excluding hydrogens is 356 g/mol. The van der Waals surface area contributed by atoms with Crippen molar-refractivity contribution in [1.82, 2.24) is 10.5 Å². The normalized spacial score (nSPS) is 21.5. The van der Waals surface area contributed by atoms with E-state index in [1.165, 1.54) is 0 Å². The van der Waals surface area contributed by atoms with E-state index in [4.69, 9.17) is 9.26 Å². The molecule has 0 radical (unpaired) electrons. The molecule has 0 spiro atoms. The Balaban J connectivity index is 1.61. The molecule has 0 bridgehead atoms. The van der Waals surface area contributed by atoms with Crippen LogP contribution in [-0.2, 0) is 16.4 Å². The van der Waals surface area contributed by atoms with Gasteiger partial charge in [-0.05, 0) is 51.5 Å². The van der Waals surface area contributed by atoms with Gasteiger partial charge >= 0.3 is 0 Å². The Morgan fingerprint density at radius 1 is 1.31 bits per heavy atom. The summed E-state index contributed by atoms with van der Waals surface area (Å²) in [7, 11) is -3.07. The van der Waals surface area contributed by atoms with E-state index >= 15 is 0 Å². The van der Waals surface area contributed by atoms with Gasteiger partial charge in [0.1, 0.15) is 18.1 Å². The molecule has 1 N–H and O–H groups in total. The molecule has 0 saturated carbocycles. The molecule has 8 heteroatoms. The summed E-state index contributed by atoms with van der Waals surface area (Å²) in [4.78, 5) is 12.4. The third kappa shape index (κ3) is 4.07. The molecule has 7 nitrogen and oxygen atoms in total. The highest BCUT2D eigenvalue weighted by atomic mass is 32.2. The van der Waals surface area contributed by atoms with Crippen LogP contribution in [0.1, 0.15) is 40.7 Å².